The average molecular weight is 265 g/mol. The molecular formula is C15H24FN3. The quantitative estimate of drug-likeness (QED) is 0.874. The molecule has 106 valence electrons. The molecule has 0 atom stereocenters. The van der Waals surface area contributed by atoms with Crippen molar-refractivity contribution in [2.45, 2.75) is 20.0 Å². The summed E-state index contributed by atoms with van der Waals surface area (Å²) in [5, 5.41) is 3.10. The van der Waals surface area contributed by atoms with Crippen LogP contribution >= 0.6 is 0 Å². The molecule has 1 aliphatic heterocycles. The van der Waals surface area contributed by atoms with Crippen LogP contribution < -0.4 is 5.32 Å². The van der Waals surface area contributed by atoms with E-state index in [1.165, 1.54) is 0 Å². The van der Waals surface area contributed by atoms with Crippen molar-refractivity contribution in [1.29, 1.82) is 0 Å². The fourth-order valence-electron chi connectivity index (χ4n) is 2.57. The lowest BCUT2D eigenvalue weighted by molar-refractivity contribution is 0.131. The third-order valence-corrected chi connectivity index (χ3v) is 3.80. The van der Waals surface area contributed by atoms with Crippen molar-refractivity contribution in [3.63, 3.8) is 0 Å². The Balaban J connectivity index is 1.96. The van der Waals surface area contributed by atoms with E-state index in [4.69, 9.17) is 0 Å². The smallest absolute Gasteiger partial charge is 0.127 e. The zero-order valence-corrected chi connectivity index (χ0v) is 12.0. The van der Waals surface area contributed by atoms with Crippen LogP contribution in [0.15, 0.2) is 18.2 Å². The van der Waals surface area contributed by atoms with E-state index in [2.05, 4.69) is 22.0 Å². The van der Waals surface area contributed by atoms with E-state index in [1.807, 2.05) is 19.2 Å². The van der Waals surface area contributed by atoms with Gasteiger partial charge in [0.2, 0.25) is 0 Å². The molecule has 19 heavy (non-hydrogen) atoms. The highest BCUT2D eigenvalue weighted by molar-refractivity contribution is 5.25. The Bertz CT molecular complexity index is 400. The fraction of sp³-hybridized carbons (Fsp3) is 0.600. The maximum Gasteiger partial charge on any atom is 0.127 e. The van der Waals surface area contributed by atoms with Crippen LogP contribution in [0.3, 0.4) is 0 Å². The Morgan fingerprint density at radius 1 is 1.16 bits per heavy atom. The number of hydrogen-bond acceptors (Lipinski definition) is 3. The zero-order chi connectivity index (χ0) is 13.7. The third kappa shape index (κ3) is 4.00. The van der Waals surface area contributed by atoms with Crippen molar-refractivity contribution in [2.24, 2.45) is 0 Å². The van der Waals surface area contributed by atoms with Crippen LogP contribution in [0.4, 0.5) is 4.39 Å². The second-order valence-electron chi connectivity index (χ2n) is 5.17. The minimum atomic E-state index is -0.0854. The first-order valence-electron chi connectivity index (χ1n) is 7.09. The number of benzene rings is 1. The van der Waals surface area contributed by atoms with Crippen LogP contribution in [0.5, 0.6) is 0 Å². The Hall–Kier alpha value is -0.970. The predicted molar refractivity (Wildman–Crippen MR) is 76.6 cm³/mol. The molecule has 1 aromatic rings. The summed E-state index contributed by atoms with van der Waals surface area (Å²) in [6.07, 6.45) is 0. The molecule has 4 heteroatoms. The molecule has 2 rings (SSSR count). The minimum Gasteiger partial charge on any atom is -0.316 e. The lowest BCUT2D eigenvalue weighted by Crippen LogP contribution is -2.45. The van der Waals surface area contributed by atoms with Gasteiger partial charge >= 0.3 is 0 Å². The number of nitrogens with zero attached hydrogens (tertiary/aromatic N) is 2. The lowest BCUT2D eigenvalue weighted by atomic mass is 10.1. The molecule has 0 bridgehead atoms. The molecule has 1 saturated heterocycles. The summed E-state index contributed by atoms with van der Waals surface area (Å²) in [4.78, 5) is 4.78. The van der Waals surface area contributed by atoms with E-state index in [1.54, 1.807) is 6.07 Å². The van der Waals surface area contributed by atoms with Crippen LogP contribution in [0, 0.1) is 5.82 Å². The minimum absolute atomic E-state index is 0.0854. The molecule has 0 aromatic heterocycles. The summed E-state index contributed by atoms with van der Waals surface area (Å²) in [6.45, 7) is 9.06. The highest BCUT2D eigenvalue weighted by Crippen LogP contribution is 2.14. The van der Waals surface area contributed by atoms with Gasteiger partial charge in [0.1, 0.15) is 5.82 Å². The van der Waals surface area contributed by atoms with Gasteiger partial charge in [-0.25, -0.2) is 4.39 Å². The molecular weight excluding hydrogens is 241 g/mol. The molecule has 0 amide bonds. The molecule has 3 nitrogen and oxygen atoms in total. The highest BCUT2D eigenvalue weighted by Gasteiger charge is 2.16. The topological polar surface area (TPSA) is 18.5 Å². The van der Waals surface area contributed by atoms with Crippen molar-refractivity contribution in [2.75, 3.05) is 39.8 Å². The second kappa shape index (κ2) is 6.98. The molecule has 1 N–H and O–H groups in total. The largest absolute Gasteiger partial charge is 0.316 e. The van der Waals surface area contributed by atoms with Crippen LogP contribution in [-0.2, 0) is 13.1 Å². The molecule has 0 unspecified atom stereocenters. The maximum atomic E-state index is 13.9. The molecule has 0 saturated carbocycles. The molecule has 1 heterocycles. The van der Waals surface area contributed by atoms with Gasteiger partial charge in [-0.05, 0) is 25.2 Å². The predicted octanol–water partition coefficient (Wildman–Crippen LogP) is 1.68. The summed E-state index contributed by atoms with van der Waals surface area (Å²) < 4.78 is 13.9. The van der Waals surface area contributed by atoms with E-state index in [-0.39, 0.29) is 5.82 Å². The van der Waals surface area contributed by atoms with E-state index in [9.17, 15) is 4.39 Å². The number of likely N-dealkylation sites (N-methyl/N-ethyl adjacent to an activating group) is 1. The standard InChI is InChI=1S/C15H24FN3/c1-3-18-6-8-19(9-7-18)12-14-10-13(11-17-2)4-5-15(14)16/h4-5,10,17H,3,6-9,11-12H2,1-2H3. The Labute approximate surface area is 115 Å². The molecule has 1 aliphatic rings. The first kappa shape index (κ1) is 14.4. The Morgan fingerprint density at radius 2 is 1.84 bits per heavy atom. The van der Waals surface area contributed by atoms with Gasteiger partial charge in [0.05, 0.1) is 0 Å². The van der Waals surface area contributed by atoms with Crippen LogP contribution in [0.2, 0.25) is 0 Å². The van der Waals surface area contributed by atoms with Gasteiger partial charge in [-0.3, -0.25) is 4.90 Å². The summed E-state index contributed by atoms with van der Waals surface area (Å²) in [7, 11) is 1.91. The summed E-state index contributed by atoms with van der Waals surface area (Å²) in [6, 6.07) is 5.42. The lowest BCUT2D eigenvalue weighted by Gasteiger charge is -2.34. The molecule has 1 fully saturated rings. The Morgan fingerprint density at radius 3 is 2.47 bits per heavy atom. The van der Waals surface area contributed by atoms with Gasteiger partial charge in [0.15, 0.2) is 0 Å². The zero-order valence-electron chi connectivity index (χ0n) is 12.0. The maximum absolute atomic E-state index is 13.9. The van der Waals surface area contributed by atoms with Crippen molar-refractivity contribution in [3.05, 3.63) is 35.1 Å². The summed E-state index contributed by atoms with van der Waals surface area (Å²) in [5.74, 6) is -0.0854. The third-order valence-electron chi connectivity index (χ3n) is 3.80. The number of piperazine rings is 1. The average Bonchev–Trinajstić information content (AvgIpc) is 2.44. The van der Waals surface area contributed by atoms with Crippen LogP contribution in [0.1, 0.15) is 18.1 Å². The van der Waals surface area contributed by atoms with E-state index < -0.39 is 0 Å². The van der Waals surface area contributed by atoms with Gasteiger partial charge < -0.3 is 10.2 Å². The van der Waals surface area contributed by atoms with E-state index >= 15 is 0 Å². The van der Waals surface area contributed by atoms with E-state index in [0.717, 1.165) is 56.9 Å². The molecule has 0 spiro atoms. The number of halogens is 1. The van der Waals surface area contributed by atoms with Crippen molar-refractivity contribution in [1.82, 2.24) is 15.1 Å². The van der Waals surface area contributed by atoms with Gasteiger partial charge in [-0.15, -0.1) is 0 Å². The normalized spacial score (nSPS) is 17.8. The fourth-order valence-corrected chi connectivity index (χ4v) is 2.57. The first-order valence-corrected chi connectivity index (χ1v) is 7.09. The van der Waals surface area contributed by atoms with Crippen LogP contribution in [-0.4, -0.2) is 49.6 Å². The number of rotatable bonds is 5. The van der Waals surface area contributed by atoms with Gasteiger partial charge in [-0.1, -0.05) is 19.1 Å². The van der Waals surface area contributed by atoms with Crippen LogP contribution in [0.25, 0.3) is 0 Å². The van der Waals surface area contributed by atoms with Crippen molar-refractivity contribution >= 4 is 0 Å². The Kier molecular flexibility index (Phi) is 5.31. The van der Waals surface area contributed by atoms with Gasteiger partial charge in [0.25, 0.3) is 0 Å². The van der Waals surface area contributed by atoms with Gasteiger partial charge in [0, 0.05) is 44.8 Å². The molecule has 1 aromatic carbocycles. The first-order chi connectivity index (χ1) is 9.22. The number of hydrogen-bond donors (Lipinski definition) is 1. The van der Waals surface area contributed by atoms with Crippen molar-refractivity contribution in [3.8, 4) is 0 Å². The molecule has 0 aliphatic carbocycles. The van der Waals surface area contributed by atoms with E-state index in [0.29, 0.717) is 0 Å². The molecule has 0 radical (unpaired) electrons. The monoisotopic (exact) mass is 265 g/mol. The van der Waals surface area contributed by atoms with Gasteiger partial charge in [-0.2, -0.15) is 0 Å². The summed E-state index contributed by atoms with van der Waals surface area (Å²) in [5.41, 5.74) is 1.96. The second-order valence-corrected chi connectivity index (χ2v) is 5.17. The highest BCUT2D eigenvalue weighted by atomic mass is 19.1. The number of nitrogens with one attached hydrogen (secondary N) is 1. The summed E-state index contributed by atoms with van der Waals surface area (Å²) >= 11 is 0. The van der Waals surface area contributed by atoms with Crippen molar-refractivity contribution < 1.29 is 4.39 Å². The SMILES string of the molecule is CCN1CCN(Cc2cc(CNC)ccc2F)CC1.